The van der Waals surface area contributed by atoms with Gasteiger partial charge in [-0.3, -0.25) is 14.5 Å². The Morgan fingerprint density at radius 1 is 1.22 bits per heavy atom. The lowest BCUT2D eigenvalue weighted by Crippen LogP contribution is -2.47. The maximum Gasteiger partial charge on any atom is 0.325 e. The normalized spacial score (nSPS) is 20.6. The lowest BCUT2D eigenvalue weighted by molar-refractivity contribution is -0.135. The molecule has 2 atom stereocenters. The van der Waals surface area contributed by atoms with E-state index in [4.69, 9.17) is 4.74 Å². The molecule has 1 heterocycles. The quantitative estimate of drug-likeness (QED) is 0.681. The minimum Gasteiger partial charge on any atom is -0.497 e. The molecule has 7 heteroatoms. The van der Waals surface area contributed by atoms with Crippen LogP contribution in [0.25, 0.3) is 0 Å². The lowest BCUT2D eigenvalue weighted by Gasteiger charge is -2.22. The smallest absolute Gasteiger partial charge is 0.325 e. The van der Waals surface area contributed by atoms with Crippen molar-refractivity contribution in [3.8, 4) is 5.75 Å². The average molecular weight is 375 g/mol. The summed E-state index contributed by atoms with van der Waals surface area (Å²) in [6.45, 7) is 7.32. The maximum atomic E-state index is 12.8. The second-order valence-electron chi connectivity index (χ2n) is 7.60. The highest BCUT2D eigenvalue weighted by molar-refractivity contribution is 6.08. The van der Waals surface area contributed by atoms with Crippen molar-refractivity contribution in [1.29, 1.82) is 0 Å². The molecule has 2 rings (SSSR count). The number of aryl methyl sites for hydroxylation is 1. The molecule has 0 bridgehead atoms. The number of amides is 4. The third kappa shape index (κ3) is 4.99. The number of carbonyl (C=O) groups excluding carboxylic acids is 3. The number of nitrogens with one attached hydrogen (secondary N) is 2. The molecule has 1 aliphatic heterocycles. The first-order chi connectivity index (χ1) is 12.7. The fraction of sp³-hybridized carbons (Fsp3) is 0.550. The van der Waals surface area contributed by atoms with Crippen molar-refractivity contribution in [2.75, 3.05) is 13.7 Å². The van der Waals surface area contributed by atoms with Crippen LogP contribution in [-0.2, 0) is 16.0 Å². The summed E-state index contributed by atoms with van der Waals surface area (Å²) in [7, 11) is 1.61. The molecule has 0 aliphatic carbocycles. The van der Waals surface area contributed by atoms with Gasteiger partial charge in [-0.2, -0.15) is 0 Å². The molecular weight excluding hydrogens is 346 g/mol. The molecular formula is C20H29N3O4. The molecule has 148 valence electrons. The summed E-state index contributed by atoms with van der Waals surface area (Å²) in [5.74, 6) is 0.335. The van der Waals surface area contributed by atoms with Crippen LogP contribution in [0.15, 0.2) is 24.3 Å². The molecule has 0 radical (unpaired) electrons. The Hall–Kier alpha value is -2.57. The highest BCUT2D eigenvalue weighted by Gasteiger charge is 2.47. The number of benzene rings is 1. The molecule has 1 aliphatic rings. The van der Waals surface area contributed by atoms with Gasteiger partial charge in [0.15, 0.2) is 0 Å². The molecule has 27 heavy (non-hydrogen) atoms. The predicted octanol–water partition coefficient (Wildman–Crippen LogP) is 2.10. The number of hydrogen-bond donors (Lipinski definition) is 2. The van der Waals surface area contributed by atoms with Crippen molar-refractivity contribution in [3.05, 3.63) is 29.8 Å². The lowest BCUT2D eigenvalue weighted by atomic mass is 9.93. The summed E-state index contributed by atoms with van der Waals surface area (Å²) < 4.78 is 5.14. The van der Waals surface area contributed by atoms with Crippen molar-refractivity contribution in [3.63, 3.8) is 0 Å². The van der Waals surface area contributed by atoms with Crippen LogP contribution in [0.4, 0.5) is 4.79 Å². The summed E-state index contributed by atoms with van der Waals surface area (Å²) in [4.78, 5) is 38.2. The van der Waals surface area contributed by atoms with Gasteiger partial charge >= 0.3 is 6.03 Å². The number of methoxy groups -OCH3 is 1. The van der Waals surface area contributed by atoms with Crippen LogP contribution in [0.5, 0.6) is 5.75 Å². The largest absolute Gasteiger partial charge is 0.497 e. The van der Waals surface area contributed by atoms with E-state index >= 15 is 0 Å². The predicted molar refractivity (Wildman–Crippen MR) is 102 cm³/mol. The summed E-state index contributed by atoms with van der Waals surface area (Å²) in [6, 6.07) is 7.03. The summed E-state index contributed by atoms with van der Waals surface area (Å²) in [5.41, 5.74) is 0.0297. The maximum absolute atomic E-state index is 12.8. The van der Waals surface area contributed by atoms with Gasteiger partial charge in [0, 0.05) is 6.04 Å². The van der Waals surface area contributed by atoms with E-state index in [1.165, 1.54) is 0 Å². The van der Waals surface area contributed by atoms with Crippen molar-refractivity contribution in [2.45, 2.75) is 52.1 Å². The SMILES string of the molecule is COc1ccc(CC[C@@]2(C)NC(=O)N(CC(=O)N[C@H](C)C(C)C)C2=O)cc1. The molecule has 1 fully saturated rings. The molecule has 4 amide bonds. The van der Waals surface area contributed by atoms with Gasteiger partial charge in [0.1, 0.15) is 17.8 Å². The van der Waals surface area contributed by atoms with Crippen molar-refractivity contribution in [1.82, 2.24) is 15.5 Å². The fourth-order valence-electron chi connectivity index (χ4n) is 2.86. The van der Waals surface area contributed by atoms with Crippen LogP contribution in [-0.4, -0.2) is 48.0 Å². The molecule has 7 nitrogen and oxygen atoms in total. The zero-order valence-corrected chi connectivity index (χ0v) is 16.7. The molecule has 0 spiro atoms. The van der Waals surface area contributed by atoms with Crippen molar-refractivity contribution < 1.29 is 19.1 Å². The first-order valence-corrected chi connectivity index (χ1v) is 9.22. The highest BCUT2D eigenvalue weighted by Crippen LogP contribution is 2.24. The number of nitrogens with zero attached hydrogens (tertiary/aromatic N) is 1. The Bertz CT molecular complexity index is 702. The second kappa shape index (κ2) is 8.41. The monoisotopic (exact) mass is 375 g/mol. The van der Waals surface area contributed by atoms with E-state index in [2.05, 4.69) is 10.6 Å². The van der Waals surface area contributed by atoms with Crippen LogP contribution < -0.4 is 15.4 Å². The highest BCUT2D eigenvalue weighted by atomic mass is 16.5. The van der Waals surface area contributed by atoms with Crippen LogP contribution in [0.1, 0.15) is 39.7 Å². The standard InChI is InChI=1S/C20H29N3O4/c1-13(2)14(3)21-17(24)12-23-18(25)20(4,22-19(23)26)11-10-15-6-8-16(27-5)9-7-15/h6-9,13-14H,10-12H2,1-5H3,(H,21,24)(H,22,26)/t14-,20-/m1/s1. The van der Waals surface area contributed by atoms with Crippen LogP contribution >= 0.6 is 0 Å². The molecule has 1 saturated heterocycles. The van der Waals surface area contributed by atoms with Crippen LogP contribution in [0.2, 0.25) is 0 Å². The molecule has 2 N–H and O–H groups in total. The molecule has 1 aromatic carbocycles. The summed E-state index contributed by atoms with van der Waals surface area (Å²) in [5, 5.41) is 5.56. The topological polar surface area (TPSA) is 87.7 Å². The number of rotatable bonds is 8. The average Bonchev–Trinajstić information content (AvgIpc) is 2.84. The van der Waals surface area contributed by atoms with Gasteiger partial charge in [0.05, 0.1) is 7.11 Å². The Balaban J connectivity index is 1.97. The third-order valence-electron chi connectivity index (χ3n) is 5.11. The van der Waals surface area contributed by atoms with Gasteiger partial charge in [-0.25, -0.2) is 4.79 Å². The summed E-state index contributed by atoms with van der Waals surface area (Å²) >= 11 is 0. The van der Waals surface area contributed by atoms with Gasteiger partial charge in [-0.1, -0.05) is 26.0 Å². The van der Waals surface area contributed by atoms with E-state index in [-0.39, 0.29) is 30.3 Å². The first-order valence-electron chi connectivity index (χ1n) is 9.22. The Kier molecular flexibility index (Phi) is 6.46. The minimum atomic E-state index is -1.01. The first kappa shape index (κ1) is 20.7. The zero-order valence-electron chi connectivity index (χ0n) is 16.7. The van der Waals surface area contributed by atoms with Gasteiger partial charge in [-0.05, 0) is 50.3 Å². The number of urea groups is 1. The number of carbonyl (C=O) groups is 3. The van der Waals surface area contributed by atoms with E-state index in [1.807, 2.05) is 45.0 Å². The molecule has 1 aromatic rings. The zero-order chi connectivity index (χ0) is 20.2. The van der Waals surface area contributed by atoms with Gasteiger partial charge in [-0.15, -0.1) is 0 Å². The van der Waals surface area contributed by atoms with E-state index in [0.717, 1.165) is 16.2 Å². The van der Waals surface area contributed by atoms with Crippen molar-refractivity contribution >= 4 is 17.8 Å². The second-order valence-corrected chi connectivity index (χ2v) is 7.60. The molecule has 0 unspecified atom stereocenters. The summed E-state index contributed by atoms with van der Waals surface area (Å²) in [6.07, 6.45) is 1.07. The number of ether oxygens (including phenoxy) is 1. The number of imide groups is 1. The third-order valence-corrected chi connectivity index (χ3v) is 5.11. The van der Waals surface area contributed by atoms with Crippen molar-refractivity contribution in [2.24, 2.45) is 5.92 Å². The van der Waals surface area contributed by atoms with E-state index in [0.29, 0.717) is 12.8 Å². The minimum absolute atomic E-state index is 0.0280. The van der Waals surface area contributed by atoms with Gasteiger partial charge < -0.3 is 15.4 Å². The van der Waals surface area contributed by atoms with Gasteiger partial charge in [0.25, 0.3) is 5.91 Å². The molecule has 0 aromatic heterocycles. The van der Waals surface area contributed by atoms with Gasteiger partial charge in [0.2, 0.25) is 5.91 Å². The fourth-order valence-corrected chi connectivity index (χ4v) is 2.86. The Labute approximate surface area is 160 Å². The Morgan fingerprint density at radius 3 is 2.41 bits per heavy atom. The van der Waals surface area contributed by atoms with Crippen LogP contribution in [0.3, 0.4) is 0 Å². The number of hydrogen-bond acceptors (Lipinski definition) is 4. The van der Waals surface area contributed by atoms with E-state index < -0.39 is 11.6 Å². The van der Waals surface area contributed by atoms with Crippen LogP contribution in [0, 0.1) is 5.92 Å². The Morgan fingerprint density at radius 2 is 1.85 bits per heavy atom. The van der Waals surface area contributed by atoms with E-state index in [1.54, 1.807) is 14.0 Å². The molecule has 0 saturated carbocycles. The van der Waals surface area contributed by atoms with E-state index in [9.17, 15) is 14.4 Å².